The minimum Gasteiger partial charge on any atom is -0.455 e. The Bertz CT molecular complexity index is 1100. The molecule has 0 saturated carbocycles. The maximum Gasteiger partial charge on any atom is 0.378 e. The molecule has 0 aliphatic rings. The van der Waals surface area contributed by atoms with Crippen LogP contribution in [0, 0.1) is 10.1 Å². The third-order valence-corrected chi connectivity index (χ3v) is 4.94. The highest BCUT2D eigenvalue weighted by Gasteiger charge is 2.20. The number of benzene rings is 2. The van der Waals surface area contributed by atoms with E-state index in [-0.39, 0.29) is 17.4 Å². The van der Waals surface area contributed by atoms with E-state index in [1.807, 2.05) is 60.7 Å². The van der Waals surface area contributed by atoms with Crippen LogP contribution >= 0.6 is 11.3 Å². The van der Waals surface area contributed by atoms with Crippen LogP contribution in [0.15, 0.2) is 72.1 Å². The lowest BCUT2D eigenvalue weighted by Gasteiger charge is -2.05. The summed E-state index contributed by atoms with van der Waals surface area (Å²) in [5.41, 5.74) is 2.10. The molecule has 0 unspecified atom stereocenters. The third-order valence-electron chi connectivity index (χ3n) is 4.01. The number of esters is 1. The second-order valence-corrected chi connectivity index (χ2v) is 6.89. The number of nitro groups is 1. The Morgan fingerprint density at radius 2 is 1.79 bits per heavy atom. The summed E-state index contributed by atoms with van der Waals surface area (Å²) in [6.07, 6.45) is 0. The standard InChI is InChI=1S/C20H14N4O4S/c25-20(28-12-14-11-17(24(26)27)29-13-14)18-21-19(15-7-3-1-4-8-15)23(22-18)16-9-5-2-6-10-16/h1-11,13H,12H2. The molecule has 0 N–H and O–H groups in total. The minimum absolute atomic E-state index is 0.00565. The molecule has 2 heterocycles. The number of rotatable bonds is 6. The number of hydrogen-bond acceptors (Lipinski definition) is 7. The molecule has 0 bridgehead atoms. The van der Waals surface area contributed by atoms with Crippen LogP contribution in [0.5, 0.6) is 0 Å². The van der Waals surface area contributed by atoms with E-state index < -0.39 is 10.9 Å². The van der Waals surface area contributed by atoms with Crippen molar-refractivity contribution in [3.05, 3.63) is 93.6 Å². The van der Waals surface area contributed by atoms with E-state index in [2.05, 4.69) is 10.1 Å². The summed E-state index contributed by atoms with van der Waals surface area (Å²) in [7, 11) is 0. The summed E-state index contributed by atoms with van der Waals surface area (Å²) in [6, 6.07) is 20.1. The Morgan fingerprint density at radius 1 is 1.10 bits per heavy atom. The quantitative estimate of drug-likeness (QED) is 0.269. The van der Waals surface area contributed by atoms with Gasteiger partial charge in [-0.25, -0.2) is 14.5 Å². The molecular weight excluding hydrogens is 392 g/mol. The highest BCUT2D eigenvalue weighted by Crippen LogP contribution is 2.24. The fraction of sp³-hybridized carbons (Fsp3) is 0.0500. The van der Waals surface area contributed by atoms with Gasteiger partial charge in [-0.1, -0.05) is 59.9 Å². The summed E-state index contributed by atoms with van der Waals surface area (Å²) >= 11 is 0.981. The molecule has 29 heavy (non-hydrogen) atoms. The van der Waals surface area contributed by atoms with E-state index >= 15 is 0 Å². The lowest BCUT2D eigenvalue weighted by Crippen LogP contribution is -2.08. The van der Waals surface area contributed by atoms with E-state index in [1.54, 1.807) is 10.1 Å². The van der Waals surface area contributed by atoms with Crippen molar-refractivity contribution in [1.82, 2.24) is 14.8 Å². The summed E-state index contributed by atoms with van der Waals surface area (Å²) in [4.78, 5) is 27.2. The van der Waals surface area contributed by atoms with Gasteiger partial charge in [-0.2, -0.15) is 0 Å². The van der Waals surface area contributed by atoms with Crippen molar-refractivity contribution in [1.29, 1.82) is 0 Å². The van der Waals surface area contributed by atoms with Gasteiger partial charge in [0.15, 0.2) is 5.82 Å². The fourth-order valence-electron chi connectivity index (χ4n) is 2.67. The van der Waals surface area contributed by atoms with Crippen LogP contribution in [0.2, 0.25) is 0 Å². The molecule has 2 aromatic heterocycles. The maximum absolute atomic E-state index is 12.5. The van der Waals surface area contributed by atoms with Gasteiger partial charge >= 0.3 is 11.0 Å². The van der Waals surface area contributed by atoms with Crippen LogP contribution in [-0.4, -0.2) is 25.7 Å². The molecule has 0 atom stereocenters. The first-order chi connectivity index (χ1) is 14.1. The van der Waals surface area contributed by atoms with Gasteiger partial charge in [0.2, 0.25) is 0 Å². The predicted molar refractivity (Wildman–Crippen MR) is 107 cm³/mol. The molecule has 0 amide bonds. The van der Waals surface area contributed by atoms with Crippen molar-refractivity contribution in [3.63, 3.8) is 0 Å². The number of thiophene rings is 1. The molecule has 0 aliphatic carbocycles. The third kappa shape index (κ3) is 4.04. The maximum atomic E-state index is 12.5. The van der Waals surface area contributed by atoms with Crippen LogP contribution < -0.4 is 0 Å². The van der Waals surface area contributed by atoms with Crippen molar-refractivity contribution < 1.29 is 14.5 Å². The van der Waals surface area contributed by atoms with Gasteiger partial charge in [0.05, 0.1) is 10.6 Å². The predicted octanol–water partition coefficient (Wildman–Crippen LogP) is 4.26. The second-order valence-electron chi connectivity index (χ2n) is 6.00. The van der Waals surface area contributed by atoms with Crippen LogP contribution in [0.3, 0.4) is 0 Å². The SMILES string of the molecule is O=C(OCc1csc([N+](=O)[O-])c1)c1nc(-c2ccccc2)n(-c2ccccc2)n1. The average molecular weight is 406 g/mol. The lowest BCUT2D eigenvalue weighted by atomic mass is 10.2. The first-order valence-electron chi connectivity index (χ1n) is 8.58. The van der Waals surface area contributed by atoms with Gasteiger partial charge < -0.3 is 4.74 Å². The number of carbonyl (C=O) groups is 1. The van der Waals surface area contributed by atoms with Crippen molar-refractivity contribution in [2.24, 2.45) is 0 Å². The molecule has 0 saturated heterocycles. The molecule has 2 aromatic carbocycles. The van der Waals surface area contributed by atoms with E-state index in [1.165, 1.54) is 6.07 Å². The van der Waals surface area contributed by atoms with Gasteiger partial charge in [0.1, 0.15) is 6.61 Å². The summed E-state index contributed by atoms with van der Waals surface area (Å²) in [5, 5.41) is 16.7. The minimum atomic E-state index is -0.703. The Kier molecular flexibility index (Phi) is 5.12. The normalized spacial score (nSPS) is 10.6. The number of aromatic nitrogens is 3. The fourth-order valence-corrected chi connectivity index (χ4v) is 3.38. The van der Waals surface area contributed by atoms with Crippen LogP contribution in [0.4, 0.5) is 5.00 Å². The van der Waals surface area contributed by atoms with Crippen molar-refractivity contribution >= 4 is 22.3 Å². The Hall–Kier alpha value is -3.85. The lowest BCUT2D eigenvalue weighted by molar-refractivity contribution is -0.380. The Morgan fingerprint density at radius 3 is 2.45 bits per heavy atom. The largest absolute Gasteiger partial charge is 0.455 e. The number of nitrogens with zero attached hydrogens (tertiary/aromatic N) is 4. The highest BCUT2D eigenvalue weighted by atomic mass is 32.1. The van der Waals surface area contributed by atoms with Crippen LogP contribution in [0.25, 0.3) is 17.1 Å². The molecule has 4 aromatic rings. The number of carbonyl (C=O) groups excluding carboxylic acids is 1. The van der Waals surface area contributed by atoms with Crippen LogP contribution in [0.1, 0.15) is 16.2 Å². The molecule has 9 heteroatoms. The monoisotopic (exact) mass is 406 g/mol. The van der Waals surface area contributed by atoms with Gasteiger partial charge in [0.25, 0.3) is 5.82 Å². The Balaban J connectivity index is 1.61. The molecule has 144 valence electrons. The molecule has 4 rings (SSSR count). The molecule has 8 nitrogen and oxygen atoms in total. The summed E-state index contributed by atoms with van der Waals surface area (Å²) in [5.74, 6) is -0.280. The number of ether oxygens (including phenoxy) is 1. The first-order valence-corrected chi connectivity index (χ1v) is 9.46. The van der Waals surface area contributed by atoms with Crippen LogP contribution in [-0.2, 0) is 11.3 Å². The van der Waals surface area contributed by atoms with Crippen molar-refractivity contribution in [2.45, 2.75) is 6.61 Å². The summed E-state index contributed by atoms with van der Waals surface area (Å²) < 4.78 is 6.84. The van der Waals surface area contributed by atoms with Gasteiger partial charge in [-0.05, 0) is 12.1 Å². The van der Waals surface area contributed by atoms with Gasteiger partial charge in [0, 0.05) is 22.6 Å². The van der Waals surface area contributed by atoms with Gasteiger partial charge in [-0.3, -0.25) is 10.1 Å². The molecule has 0 aliphatic heterocycles. The zero-order valence-electron chi connectivity index (χ0n) is 15.0. The smallest absolute Gasteiger partial charge is 0.378 e. The highest BCUT2D eigenvalue weighted by molar-refractivity contribution is 7.13. The molecule has 0 radical (unpaired) electrons. The van der Waals surface area contributed by atoms with E-state index in [0.29, 0.717) is 11.4 Å². The van der Waals surface area contributed by atoms with Gasteiger partial charge in [-0.15, -0.1) is 5.10 Å². The number of hydrogen-bond donors (Lipinski definition) is 0. The van der Waals surface area contributed by atoms with E-state index in [4.69, 9.17) is 4.74 Å². The average Bonchev–Trinajstić information content (AvgIpc) is 3.41. The van der Waals surface area contributed by atoms with E-state index in [0.717, 1.165) is 22.6 Å². The molecule has 0 spiro atoms. The van der Waals surface area contributed by atoms with Crippen molar-refractivity contribution in [2.75, 3.05) is 0 Å². The van der Waals surface area contributed by atoms with Crippen molar-refractivity contribution in [3.8, 4) is 17.1 Å². The zero-order valence-corrected chi connectivity index (χ0v) is 15.8. The Labute approximate surface area is 169 Å². The topological polar surface area (TPSA) is 100 Å². The zero-order chi connectivity index (χ0) is 20.2. The van der Waals surface area contributed by atoms with E-state index in [9.17, 15) is 14.9 Å². The summed E-state index contributed by atoms with van der Waals surface area (Å²) in [6.45, 7) is -0.0935. The molecule has 0 fully saturated rings. The molecular formula is C20H14N4O4S. The number of para-hydroxylation sites is 1. The first kappa shape index (κ1) is 18.5. The second kappa shape index (κ2) is 8.03.